The number of aryl methyl sites for hydroxylation is 1. The number of fused-ring (bicyclic) bond motifs is 2. The van der Waals surface area contributed by atoms with E-state index in [2.05, 4.69) is 33.5 Å². The third kappa shape index (κ3) is 3.76. The number of aromatic nitrogens is 2. The molecule has 1 amide bonds. The molecule has 5 rings (SSSR count). The van der Waals surface area contributed by atoms with Crippen LogP contribution in [0.4, 0.5) is 13.2 Å². The fourth-order valence-electron chi connectivity index (χ4n) is 5.02. The van der Waals surface area contributed by atoms with Crippen molar-refractivity contribution in [1.82, 2.24) is 20.2 Å². The number of nitrogens with one attached hydrogen (secondary N) is 2. The first-order chi connectivity index (χ1) is 16.1. The third-order valence-electron chi connectivity index (χ3n) is 7.14. The largest absolute Gasteiger partial charge is 0.426 e. The van der Waals surface area contributed by atoms with Gasteiger partial charge >= 0.3 is 6.18 Å². The molecule has 6 nitrogen and oxygen atoms in total. The Hall–Kier alpha value is -2.91. The van der Waals surface area contributed by atoms with Gasteiger partial charge in [0.25, 0.3) is 5.91 Å². The summed E-state index contributed by atoms with van der Waals surface area (Å²) in [6.07, 6.45) is 1.05. The van der Waals surface area contributed by atoms with Crippen molar-refractivity contribution in [2.45, 2.75) is 57.5 Å². The van der Waals surface area contributed by atoms with Crippen LogP contribution in [0.3, 0.4) is 0 Å². The fraction of sp³-hybridized carbons (Fsp3) is 0.440. The molecule has 0 radical (unpaired) electrons. The second-order valence-corrected chi connectivity index (χ2v) is 9.49. The van der Waals surface area contributed by atoms with E-state index in [1.54, 1.807) is 0 Å². The van der Waals surface area contributed by atoms with E-state index in [4.69, 9.17) is 0 Å². The number of benzene rings is 1. The normalized spacial score (nSPS) is 20.4. The van der Waals surface area contributed by atoms with Crippen LogP contribution in [0.2, 0.25) is 0 Å². The number of halogens is 3. The molecule has 1 aromatic carbocycles. The average Bonchev–Trinajstić information content (AvgIpc) is 3.47. The number of carbonyl (C=O) groups excluding carboxylic acids is 1. The lowest BCUT2D eigenvalue weighted by atomic mass is 9.86. The van der Waals surface area contributed by atoms with Crippen LogP contribution in [0, 0.1) is 6.92 Å². The maximum Gasteiger partial charge on any atom is 0.426 e. The first-order valence-electron chi connectivity index (χ1n) is 11.5. The minimum absolute atomic E-state index is 0.0440. The quantitative estimate of drug-likeness (QED) is 0.535. The predicted molar refractivity (Wildman–Crippen MR) is 122 cm³/mol. The molecule has 0 bridgehead atoms. The molecule has 9 heteroatoms. The molecule has 1 fully saturated rings. The molecule has 3 N–H and O–H groups in total. The Morgan fingerprint density at radius 1 is 1.24 bits per heavy atom. The highest BCUT2D eigenvalue weighted by atomic mass is 19.4. The first-order valence-corrected chi connectivity index (χ1v) is 11.5. The van der Waals surface area contributed by atoms with Crippen molar-refractivity contribution in [3.63, 3.8) is 0 Å². The number of carbonyl (C=O) groups is 1. The first kappa shape index (κ1) is 22.9. The van der Waals surface area contributed by atoms with Crippen molar-refractivity contribution < 1.29 is 23.1 Å². The molecule has 0 unspecified atom stereocenters. The van der Waals surface area contributed by atoms with Gasteiger partial charge in [-0.2, -0.15) is 13.2 Å². The van der Waals surface area contributed by atoms with Crippen molar-refractivity contribution in [3.8, 4) is 11.1 Å². The van der Waals surface area contributed by atoms with E-state index >= 15 is 0 Å². The zero-order valence-corrected chi connectivity index (χ0v) is 19.1. The van der Waals surface area contributed by atoms with Gasteiger partial charge in [0, 0.05) is 42.5 Å². The number of pyridine rings is 1. The van der Waals surface area contributed by atoms with Gasteiger partial charge in [-0.15, -0.1) is 0 Å². The molecule has 3 aromatic rings. The molecule has 2 aliphatic rings. The Balaban J connectivity index is 1.55. The fourth-order valence-corrected chi connectivity index (χ4v) is 5.02. The zero-order chi connectivity index (χ0) is 24.3. The van der Waals surface area contributed by atoms with Gasteiger partial charge in [-0.3, -0.25) is 4.79 Å². The second-order valence-electron chi connectivity index (χ2n) is 9.49. The van der Waals surface area contributed by atoms with Crippen LogP contribution in [-0.4, -0.2) is 50.7 Å². The van der Waals surface area contributed by atoms with Crippen molar-refractivity contribution in [3.05, 3.63) is 52.8 Å². The van der Waals surface area contributed by atoms with Crippen LogP contribution in [0.15, 0.2) is 30.6 Å². The van der Waals surface area contributed by atoms with Gasteiger partial charge in [-0.1, -0.05) is 6.07 Å². The van der Waals surface area contributed by atoms with Gasteiger partial charge in [-0.25, -0.2) is 4.98 Å². The van der Waals surface area contributed by atoms with E-state index in [0.717, 1.165) is 68.7 Å². The maximum atomic E-state index is 13.3. The molecule has 4 heterocycles. The Kier molecular flexibility index (Phi) is 5.44. The standard InChI is InChI=1S/C25H27F3N4O2/c1-14-11-30-22-18(14)10-17(12-31-22)16-8-15-5-7-32(23(33)24(2,34)25(26,27)28)13-20(15)19(9-16)21-4-3-6-29-21/h8-12,21,29,34H,3-7,13H2,1-2H3,(H,30,31)/t21-,24-/m0/s1. The molecule has 2 atom stereocenters. The van der Waals surface area contributed by atoms with Gasteiger partial charge in [0.15, 0.2) is 0 Å². The number of hydrogen-bond donors (Lipinski definition) is 3. The number of hydrogen-bond acceptors (Lipinski definition) is 4. The molecule has 2 aromatic heterocycles. The third-order valence-corrected chi connectivity index (χ3v) is 7.14. The highest BCUT2D eigenvalue weighted by Gasteiger charge is 2.57. The summed E-state index contributed by atoms with van der Waals surface area (Å²) in [6, 6.07) is 6.30. The van der Waals surface area contributed by atoms with Crippen LogP contribution >= 0.6 is 0 Å². The van der Waals surface area contributed by atoms with Crippen molar-refractivity contribution in [2.24, 2.45) is 0 Å². The molecule has 1 saturated heterocycles. The minimum atomic E-state index is -5.04. The van der Waals surface area contributed by atoms with Crippen LogP contribution in [-0.2, 0) is 17.8 Å². The summed E-state index contributed by atoms with van der Waals surface area (Å²) in [5, 5.41) is 14.5. The lowest BCUT2D eigenvalue weighted by Crippen LogP contribution is -2.56. The summed E-state index contributed by atoms with van der Waals surface area (Å²) in [5.74, 6) is -1.31. The number of amides is 1. The Bertz CT molecular complexity index is 1260. The number of aromatic amines is 1. The van der Waals surface area contributed by atoms with Gasteiger partial charge in [0.1, 0.15) is 5.65 Å². The highest BCUT2D eigenvalue weighted by molar-refractivity contribution is 5.86. The van der Waals surface area contributed by atoms with E-state index in [9.17, 15) is 23.1 Å². The van der Waals surface area contributed by atoms with Crippen LogP contribution in [0.25, 0.3) is 22.2 Å². The van der Waals surface area contributed by atoms with E-state index in [1.165, 1.54) is 0 Å². The molecule has 34 heavy (non-hydrogen) atoms. The molecule has 0 aliphatic carbocycles. The summed E-state index contributed by atoms with van der Waals surface area (Å²) in [5.41, 5.74) is 3.37. The number of nitrogens with zero attached hydrogens (tertiary/aromatic N) is 2. The van der Waals surface area contributed by atoms with Crippen LogP contribution < -0.4 is 5.32 Å². The highest BCUT2D eigenvalue weighted by Crippen LogP contribution is 2.38. The predicted octanol–water partition coefficient (Wildman–Crippen LogP) is 4.16. The molecular weight excluding hydrogens is 445 g/mol. The van der Waals surface area contributed by atoms with Crippen LogP contribution in [0.1, 0.15) is 48.1 Å². The lowest BCUT2D eigenvalue weighted by Gasteiger charge is -2.36. The molecule has 0 saturated carbocycles. The molecule has 180 valence electrons. The Morgan fingerprint density at radius 2 is 2.03 bits per heavy atom. The summed E-state index contributed by atoms with van der Waals surface area (Å²) in [7, 11) is 0. The Morgan fingerprint density at radius 3 is 2.74 bits per heavy atom. The summed E-state index contributed by atoms with van der Waals surface area (Å²) in [4.78, 5) is 21.5. The minimum Gasteiger partial charge on any atom is -0.373 e. The SMILES string of the molecule is Cc1c[nH]c2ncc(-c3cc4c(c([C@@H]5CCCN5)c3)CN(C(=O)[C@](C)(O)C(F)(F)F)CC4)cc12. The topological polar surface area (TPSA) is 81.2 Å². The second kappa shape index (κ2) is 8.09. The van der Waals surface area contributed by atoms with Crippen molar-refractivity contribution in [1.29, 1.82) is 0 Å². The zero-order valence-electron chi connectivity index (χ0n) is 19.1. The van der Waals surface area contributed by atoms with Gasteiger partial charge in [-0.05, 0) is 79.6 Å². The van der Waals surface area contributed by atoms with Gasteiger partial charge in [0.2, 0.25) is 5.60 Å². The average molecular weight is 473 g/mol. The van der Waals surface area contributed by atoms with E-state index in [-0.39, 0.29) is 19.1 Å². The summed E-state index contributed by atoms with van der Waals surface area (Å²) < 4.78 is 39.9. The van der Waals surface area contributed by atoms with Crippen molar-refractivity contribution in [2.75, 3.05) is 13.1 Å². The number of alkyl halides is 3. The monoisotopic (exact) mass is 472 g/mol. The maximum absolute atomic E-state index is 13.3. The van der Waals surface area contributed by atoms with E-state index < -0.39 is 17.7 Å². The van der Waals surface area contributed by atoms with Crippen LogP contribution in [0.5, 0.6) is 0 Å². The molecular formula is C25H27F3N4O2. The number of rotatable bonds is 3. The Labute approximate surface area is 195 Å². The van der Waals surface area contributed by atoms with Gasteiger partial charge in [0.05, 0.1) is 0 Å². The number of aliphatic hydroxyl groups is 1. The molecule has 2 aliphatic heterocycles. The van der Waals surface area contributed by atoms with E-state index in [1.807, 2.05) is 19.3 Å². The smallest absolute Gasteiger partial charge is 0.373 e. The van der Waals surface area contributed by atoms with E-state index in [0.29, 0.717) is 13.3 Å². The lowest BCUT2D eigenvalue weighted by molar-refractivity contribution is -0.250. The van der Waals surface area contributed by atoms with Gasteiger partial charge < -0.3 is 20.3 Å². The summed E-state index contributed by atoms with van der Waals surface area (Å²) in [6.45, 7) is 3.58. The molecule has 0 spiro atoms. The van der Waals surface area contributed by atoms with Crippen molar-refractivity contribution >= 4 is 16.9 Å². The summed E-state index contributed by atoms with van der Waals surface area (Å²) >= 11 is 0. The number of H-pyrrole nitrogens is 1.